The van der Waals surface area contributed by atoms with Crippen LogP contribution in [0.15, 0.2) is 29.2 Å². The van der Waals surface area contributed by atoms with Crippen LogP contribution in [-0.2, 0) is 22.2 Å². The van der Waals surface area contributed by atoms with Crippen molar-refractivity contribution in [2.45, 2.75) is 17.7 Å². The molecule has 2 rings (SSSR count). The number of hydrogen-bond donors (Lipinski definition) is 0. The number of morpholine rings is 1. The van der Waals surface area contributed by atoms with Gasteiger partial charge in [-0.15, -0.1) is 0 Å². The van der Waals surface area contributed by atoms with Gasteiger partial charge in [0, 0.05) is 18.0 Å². The monoisotopic (exact) mass is 275 g/mol. The zero-order valence-electron chi connectivity index (χ0n) is 11.3. The Morgan fingerprint density at radius 1 is 1.21 bits per heavy atom. The molecule has 19 heavy (non-hydrogen) atoms. The third-order valence-electron chi connectivity index (χ3n) is 3.16. The first-order valence-corrected chi connectivity index (χ1v) is 7.31. The van der Waals surface area contributed by atoms with Crippen molar-refractivity contribution < 1.29 is 32.4 Å². The van der Waals surface area contributed by atoms with Crippen molar-refractivity contribution in [2.75, 3.05) is 32.8 Å². The first kappa shape index (κ1) is 16.9. The van der Waals surface area contributed by atoms with Crippen molar-refractivity contribution in [2.24, 2.45) is 0 Å². The molecule has 1 aliphatic heterocycles. The van der Waals surface area contributed by atoms with Gasteiger partial charge < -0.3 is 9.29 Å². The summed E-state index contributed by atoms with van der Waals surface area (Å²) in [7, 11) is 0. The molecule has 1 heterocycles. The number of hydrogen-bond acceptors (Lipinski definition) is 4. The summed E-state index contributed by atoms with van der Waals surface area (Å²) in [4.78, 5) is 2.76. The van der Waals surface area contributed by atoms with E-state index in [-0.39, 0.29) is 18.9 Å². The Labute approximate surface area is 129 Å². The molecule has 0 aliphatic carbocycles. The zero-order chi connectivity index (χ0) is 12.8. The molecule has 1 fully saturated rings. The van der Waals surface area contributed by atoms with E-state index < -0.39 is 11.1 Å². The van der Waals surface area contributed by atoms with E-state index in [1.807, 2.05) is 12.1 Å². The second-order valence-electron chi connectivity index (χ2n) is 4.44. The predicted molar refractivity (Wildman–Crippen MR) is 69.2 cm³/mol. The van der Waals surface area contributed by atoms with E-state index in [2.05, 4.69) is 4.90 Å². The standard InChI is InChI=1S/C13H19NO3S.Li/c15-18(16)13-5-3-12(4-6-13)2-1-7-14-8-10-17-11-9-14;/h3-6H,1-2,7-11H2,(H,15,16);/q;+1/p-1. The van der Waals surface area contributed by atoms with Gasteiger partial charge in [-0.2, -0.15) is 0 Å². The van der Waals surface area contributed by atoms with Gasteiger partial charge in [0.1, 0.15) is 0 Å². The van der Waals surface area contributed by atoms with Gasteiger partial charge in [0.15, 0.2) is 0 Å². The number of benzene rings is 1. The van der Waals surface area contributed by atoms with Crippen LogP contribution >= 0.6 is 0 Å². The molecule has 1 aromatic rings. The molecule has 1 aliphatic rings. The van der Waals surface area contributed by atoms with Crippen LogP contribution in [0.2, 0.25) is 0 Å². The normalized spacial score (nSPS) is 17.7. The van der Waals surface area contributed by atoms with Crippen molar-refractivity contribution in [3.8, 4) is 0 Å². The van der Waals surface area contributed by atoms with Gasteiger partial charge in [-0.05, 0) is 48.2 Å². The third-order valence-corrected chi connectivity index (χ3v) is 3.82. The van der Waals surface area contributed by atoms with Crippen molar-refractivity contribution in [1.29, 1.82) is 0 Å². The fourth-order valence-corrected chi connectivity index (χ4v) is 2.46. The quantitative estimate of drug-likeness (QED) is 0.470. The minimum atomic E-state index is -2.12. The topological polar surface area (TPSA) is 52.6 Å². The average Bonchev–Trinajstić information content (AvgIpc) is 2.40. The van der Waals surface area contributed by atoms with Crippen LogP contribution in [0.4, 0.5) is 0 Å². The molecule has 1 aromatic carbocycles. The third kappa shape index (κ3) is 5.78. The minimum Gasteiger partial charge on any atom is -0.768 e. The van der Waals surface area contributed by atoms with E-state index in [0.29, 0.717) is 4.90 Å². The molecule has 0 radical (unpaired) electrons. The van der Waals surface area contributed by atoms with Gasteiger partial charge in [0.25, 0.3) is 0 Å². The molecule has 0 bridgehead atoms. The summed E-state index contributed by atoms with van der Waals surface area (Å²) >= 11 is -2.12. The van der Waals surface area contributed by atoms with Gasteiger partial charge in [-0.25, -0.2) is 0 Å². The van der Waals surface area contributed by atoms with E-state index >= 15 is 0 Å². The smallest absolute Gasteiger partial charge is 0.768 e. The Kier molecular flexibility index (Phi) is 7.92. The number of aryl methyl sites for hydroxylation is 1. The fourth-order valence-electron chi connectivity index (χ4n) is 2.10. The van der Waals surface area contributed by atoms with Gasteiger partial charge in [0.05, 0.1) is 13.2 Å². The summed E-state index contributed by atoms with van der Waals surface area (Å²) in [6.45, 7) is 4.80. The molecule has 6 heteroatoms. The summed E-state index contributed by atoms with van der Waals surface area (Å²) in [6, 6.07) is 7.11. The average molecular weight is 275 g/mol. The van der Waals surface area contributed by atoms with E-state index in [4.69, 9.17) is 4.74 Å². The van der Waals surface area contributed by atoms with Crippen LogP contribution in [0.25, 0.3) is 0 Å². The van der Waals surface area contributed by atoms with Crippen LogP contribution in [0.1, 0.15) is 12.0 Å². The van der Waals surface area contributed by atoms with Gasteiger partial charge in [0.2, 0.25) is 0 Å². The maximum Gasteiger partial charge on any atom is 1.00 e. The second-order valence-corrected chi connectivity index (χ2v) is 5.38. The molecule has 0 saturated carbocycles. The van der Waals surface area contributed by atoms with Gasteiger partial charge in [-0.1, -0.05) is 12.1 Å². The van der Waals surface area contributed by atoms with Crippen molar-refractivity contribution in [3.05, 3.63) is 29.8 Å². The molecule has 0 spiro atoms. The maximum absolute atomic E-state index is 10.7. The van der Waals surface area contributed by atoms with Crippen LogP contribution in [0.5, 0.6) is 0 Å². The maximum atomic E-state index is 10.7. The Bertz CT molecular complexity index is 393. The molecular formula is C13H18LiNO3S. The van der Waals surface area contributed by atoms with Crippen LogP contribution in [0.3, 0.4) is 0 Å². The number of rotatable bonds is 5. The summed E-state index contributed by atoms with van der Waals surface area (Å²) in [6.07, 6.45) is 2.09. The van der Waals surface area contributed by atoms with Crippen molar-refractivity contribution in [1.82, 2.24) is 4.90 Å². The minimum absolute atomic E-state index is 0. The first-order chi connectivity index (χ1) is 8.75. The molecule has 0 amide bonds. The van der Waals surface area contributed by atoms with Gasteiger partial charge in [-0.3, -0.25) is 9.11 Å². The Hall–Kier alpha value is -0.153. The molecule has 4 nitrogen and oxygen atoms in total. The van der Waals surface area contributed by atoms with E-state index in [1.54, 1.807) is 12.1 Å². The zero-order valence-corrected chi connectivity index (χ0v) is 12.2. The van der Waals surface area contributed by atoms with Crippen molar-refractivity contribution >= 4 is 11.1 Å². The number of ether oxygens (including phenoxy) is 1. The molecule has 1 atom stereocenters. The van der Waals surface area contributed by atoms with E-state index in [1.165, 1.54) is 5.56 Å². The predicted octanol–water partition coefficient (Wildman–Crippen LogP) is -1.81. The molecule has 0 aromatic heterocycles. The molecule has 1 unspecified atom stereocenters. The largest absolute Gasteiger partial charge is 1.00 e. The summed E-state index contributed by atoms with van der Waals surface area (Å²) < 4.78 is 26.7. The van der Waals surface area contributed by atoms with Crippen molar-refractivity contribution in [3.63, 3.8) is 0 Å². The van der Waals surface area contributed by atoms with Crippen LogP contribution in [0, 0.1) is 0 Å². The Balaban J connectivity index is 0.00000180. The first-order valence-electron chi connectivity index (χ1n) is 6.24. The SMILES string of the molecule is O=S([O-])c1ccc(CCCN2CCOCC2)cc1.[Li+]. The summed E-state index contributed by atoms with van der Waals surface area (Å²) in [5.74, 6) is 0. The molecule has 100 valence electrons. The van der Waals surface area contributed by atoms with E-state index in [0.717, 1.165) is 45.7 Å². The summed E-state index contributed by atoms with van der Waals surface area (Å²) in [5, 5.41) is 0. The second kappa shape index (κ2) is 8.91. The van der Waals surface area contributed by atoms with Gasteiger partial charge >= 0.3 is 18.9 Å². The Morgan fingerprint density at radius 3 is 2.42 bits per heavy atom. The number of nitrogens with zero attached hydrogens (tertiary/aromatic N) is 1. The van der Waals surface area contributed by atoms with Crippen LogP contribution < -0.4 is 18.9 Å². The summed E-state index contributed by atoms with van der Waals surface area (Å²) in [5.41, 5.74) is 1.19. The van der Waals surface area contributed by atoms with Crippen LogP contribution in [-0.4, -0.2) is 46.5 Å². The van der Waals surface area contributed by atoms with E-state index in [9.17, 15) is 8.76 Å². The molecular weight excluding hydrogens is 257 g/mol. The molecule has 0 N–H and O–H groups in total. The molecule has 1 saturated heterocycles. The fraction of sp³-hybridized carbons (Fsp3) is 0.538. The Morgan fingerprint density at radius 2 is 1.84 bits per heavy atom.